The van der Waals surface area contributed by atoms with Crippen LogP contribution in [-0.2, 0) is 4.79 Å². The van der Waals surface area contributed by atoms with Crippen LogP contribution in [0.3, 0.4) is 0 Å². The highest BCUT2D eigenvalue weighted by Gasteiger charge is 2.09. The van der Waals surface area contributed by atoms with Gasteiger partial charge < -0.3 is 10.6 Å². The second-order valence-corrected chi connectivity index (χ2v) is 6.03. The molecule has 0 radical (unpaired) electrons. The molecular formula is C12H15BrCl2N2O. The molecule has 0 saturated heterocycles. The number of nitrogens with one attached hydrogen (secondary N) is 2. The van der Waals surface area contributed by atoms with Crippen molar-refractivity contribution < 1.29 is 4.79 Å². The van der Waals surface area contributed by atoms with E-state index in [0.29, 0.717) is 28.2 Å². The largest absolute Gasteiger partial charge is 0.374 e. The first-order chi connectivity index (χ1) is 8.40. The van der Waals surface area contributed by atoms with Gasteiger partial charge in [-0.2, -0.15) is 0 Å². The number of benzene rings is 1. The number of carbonyl (C=O) groups is 1. The van der Waals surface area contributed by atoms with Crippen molar-refractivity contribution in [1.29, 1.82) is 0 Å². The second-order valence-electron chi connectivity index (χ2n) is 4.30. The Kier molecular flexibility index (Phi) is 6.26. The van der Waals surface area contributed by atoms with Crippen LogP contribution in [0.15, 0.2) is 16.6 Å². The normalized spacial score (nSPS) is 10.6. The van der Waals surface area contributed by atoms with Crippen LogP contribution in [-0.4, -0.2) is 19.0 Å². The first-order valence-corrected chi connectivity index (χ1v) is 7.10. The molecule has 0 bridgehead atoms. The van der Waals surface area contributed by atoms with Gasteiger partial charge in [-0.15, -0.1) is 0 Å². The van der Waals surface area contributed by atoms with Gasteiger partial charge >= 0.3 is 0 Å². The lowest BCUT2D eigenvalue weighted by molar-refractivity contribution is -0.119. The highest BCUT2D eigenvalue weighted by molar-refractivity contribution is 9.10. The molecule has 0 fully saturated rings. The van der Waals surface area contributed by atoms with Gasteiger partial charge in [0.25, 0.3) is 0 Å². The van der Waals surface area contributed by atoms with Gasteiger partial charge in [0.15, 0.2) is 0 Å². The number of hydrogen-bond donors (Lipinski definition) is 2. The van der Waals surface area contributed by atoms with E-state index in [9.17, 15) is 4.79 Å². The molecule has 0 atom stereocenters. The van der Waals surface area contributed by atoms with Crippen molar-refractivity contribution in [2.24, 2.45) is 5.92 Å². The first kappa shape index (κ1) is 15.6. The Morgan fingerprint density at radius 2 is 1.89 bits per heavy atom. The maximum atomic E-state index is 11.5. The molecule has 0 aromatic heterocycles. The molecule has 2 N–H and O–H groups in total. The average molecular weight is 354 g/mol. The smallest absolute Gasteiger partial charge is 0.239 e. The Labute approximate surface area is 125 Å². The SMILES string of the molecule is CC(C)CNC(=O)CNc1c(Cl)cc(Br)cc1Cl. The summed E-state index contributed by atoms with van der Waals surface area (Å²) in [5.74, 6) is 0.340. The van der Waals surface area contributed by atoms with E-state index in [1.807, 2.05) is 13.8 Å². The molecule has 0 spiro atoms. The zero-order chi connectivity index (χ0) is 13.7. The van der Waals surface area contributed by atoms with Crippen molar-refractivity contribution in [2.45, 2.75) is 13.8 Å². The van der Waals surface area contributed by atoms with Gasteiger partial charge in [0.05, 0.1) is 22.3 Å². The summed E-state index contributed by atoms with van der Waals surface area (Å²) in [5, 5.41) is 6.70. The predicted molar refractivity (Wildman–Crippen MR) is 80.5 cm³/mol. The fourth-order valence-corrected chi connectivity index (χ4v) is 2.60. The number of halogens is 3. The van der Waals surface area contributed by atoms with E-state index < -0.39 is 0 Å². The summed E-state index contributed by atoms with van der Waals surface area (Å²) in [4.78, 5) is 11.5. The molecule has 3 nitrogen and oxygen atoms in total. The molecule has 0 heterocycles. The highest BCUT2D eigenvalue weighted by atomic mass is 79.9. The van der Waals surface area contributed by atoms with Crippen molar-refractivity contribution in [3.05, 3.63) is 26.7 Å². The fraction of sp³-hybridized carbons (Fsp3) is 0.417. The molecule has 18 heavy (non-hydrogen) atoms. The quantitative estimate of drug-likeness (QED) is 0.841. The lowest BCUT2D eigenvalue weighted by Crippen LogP contribution is -2.32. The Morgan fingerprint density at radius 1 is 1.33 bits per heavy atom. The van der Waals surface area contributed by atoms with Gasteiger partial charge in [-0.05, 0) is 18.1 Å². The van der Waals surface area contributed by atoms with E-state index in [1.54, 1.807) is 12.1 Å². The van der Waals surface area contributed by atoms with Gasteiger partial charge in [0.1, 0.15) is 0 Å². The minimum absolute atomic E-state index is 0.0845. The van der Waals surface area contributed by atoms with Crippen molar-refractivity contribution >= 4 is 50.7 Å². The number of amides is 1. The van der Waals surface area contributed by atoms with Crippen molar-refractivity contribution in [3.63, 3.8) is 0 Å². The molecule has 1 rings (SSSR count). The van der Waals surface area contributed by atoms with Gasteiger partial charge in [0, 0.05) is 11.0 Å². The third-order valence-corrected chi connectivity index (χ3v) is 3.19. The Morgan fingerprint density at radius 3 is 2.39 bits per heavy atom. The molecule has 0 aliphatic rings. The fourth-order valence-electron chi connectivity index (χ4n) is 1.26. The van der Waals surface area contributed by atoms with Crippen LogP contribution in [0.4, 0.5) is 5.69 Å². The minimum atomic E-state index is -0.0845. The highest BCUT2D eigenvalue weighted by Crippen LogP contribution is 2.33. The van der Waals surface area contributed by atoms with Crippen LogP contribution < -0.4 is 10.6 Å². The maximum Gasteiger partial charge on any atom is 0.239 e. The first-order valence-electron chi connectivity index (χ1n) is 5.55. The van der Waals surface area contributed by atoms with Crippen molar-refractivity contribution in [1.82, 2.24) is 5.32 Å². The molecule has 6 heteroatoms. The van der Waals surface area contributed by atoms with Crippen LogP contribution in [0.5, 0.6) is 0 Å². The molecule has 1 aromatic rings. The summed E-state index contributed by atoms with van der Waals surface area (Å²) >= 11 is 15.4. The summed E-state index contributed by atoms with van der Waals surface area (Å²) in [5.41, 5.74) is 0.571. The molecule has 0 aliphatic heterocycles. The maximum absolute atomic E-state index is 11.5. The van der Waals surface area contributed by atoms with Crippen LogP contribution in [0.1, 0.15) is 13.8 Å². The van der Waals surface area contributed by atoms with E-state index in [0.717, 1.165) is 4.47 Å². The second kappa shape index (κ2) is 7.22. The number of hydrogen-bond acceptors (Lipinski definition) is 2. The molecule has 1 amide bonds. The van der Waals surface area contributed by atoms with E-state index in [4.69, 9.17) is 23.2 Å². The lowest BCUT2D eigenvalue weighted by Gasteiger charge is -2.12. The molecule has 100 valence electrons. The Hall–Kier alpha value is -0.450. The van der Waals surface area contributed by atoms with Crippen LogP contribution in [0, 0.1) is 5.92 Å². The summed E-state index contributed by atoms with van der Waals surface area (Å²) in [7, 11) is 0. The van der Waals surface area contributed by atoms with Crippen LogP contribution >= 0.6 is 39.1 Å². The minimum Gasteiger partial charge on any atom is -0.374 e. The van der Waals surface area contributed by atoms with Gasteiger partial charge in [-0.25, -0.2) is 0 Å². The van der Waals surface area contributed by atoms with E-state index in [2.05, 4.69) is 26.6 Å². The summed E-state index contributed by atoms with van der Waals surface area (Å²) < 4.78 is 0.798. The molecule has 0 aliphatic carbocycles. The predicted octanol–water partition coefficient (Wildman–Crippen LogP) is 3.94. The lowest BCUT2D eigenvalue weighted by atomic mass is 10.2. The van der Waals surface area contributed by atoms with E-state index in [1.165, 1.54) is 0 Å². The molecule has 1 aromatic carbocycles. The molecule has 0 unspecified atom stereocenters. The summed E-state index contributed by atoms with van der Waals surface area (Å²) in [6, 6.07) is 3.45. The third-order valence-electron chi connectivity index (χ3n) is 2.14. The van der Waals surface area contributed by atoms with Gasteiger partial charge in [-0.1, -0.05) is 53.0 Å². The summed E-state index contributed by atoms with van der Waals surface area (Å²) in [6.07, 6.45) is 0. The number of rotatable bonds is 5. The molecular weight excluding hydrogens is 339 g/mol. The molecule has 0 saturated carbocycles. The summed E-state index contributed by atoms with van der Waals surface area (Å²) in [6.45, 7) is 4.88. The third kappa shape index (κ3) is 5.04. The van der Waals surface area contributed by atoms with Crippen LogP contribution in [0.25, 0.3) is 0 Å². The van der Waals surface area contributed by atoms with E-state index in [-0.39, 0.29) is 12.5 Å². The zero-order valence-electron chi connectivity index (χ0n) is 10.2. The van der Waals surface area contributed by atoms with E-state index >= 15 is 0 Å². The Balaban J connectivity index is 2.56. The topological polar surface area (TPSA) is 41.1 Å². The number of carbonyl (C=O) groups excluding carboxylic acids is 1. The Bertz CT molecular complexity index is 415. The monoisotopic (exact) mass is 352 g/mol. The zero-order valence-corrected chi connectivity index (χ0v) is 13.3. The van der Waals surface area contributed by atoms with Crippen molar-refractivity contribution in [3.8, 4) is 0 Å². The van der Waals surface area contributed by atoms with Crippen molar-refractivity contribution in [2.75, 3.05) is 18.4 Å². The standard InChI is InChI=1S/C12H15BrCl2N2O/c1-7(2)5-16-11(18)6-17-12-9(14)3-8(13)4-10(12)15/h3-4,7,17H,5-6H2,1-2H3,(H,16,18). The van der Waals surface area contributed by atoms with Gasteiger partial charge in [0.2, 0.25) is 5.91 Å². The number of anilines is 1. The van der Waals surface area contributed by atoms with Crippen LogP contribution in [0.2, 0.25) is 10.0 Å². The average Bonchev–Trinajstić information content (AvgIpc) is 2.24. The van der Waals surface area contributed by atoms with Gasteiger partial charge in [-0.3, -0.25) is 4.79 Å².